The van der Waals surface area contributed by atoms with Crippen LogP contribution in [0.2, 0.25) is 47.7 Å². The van der Waals surface area contributed by atoms with Crippen LogP contribution >= 0.6 is 7.92 Å². The van der Waals surface area contributed by atoms with Crippen molar-refractivity contribution in [2.75, 3.05) is 20.6 Å². The molecule has 5 unspecified atom stereocenters. The first-order valence-electron chi connectivity index (χ1n) is 10.2. The molecule has 0 aromatic carbocycles. The third kappa shape index (κ3) is 0.180. The molecule has 130 valence electrons. The van der Waals surface area contributed by atoms with E-state index in [-0.39, 0.29) is 7.92 Å². The van der Waals surface area contributed by atoms with E-state index < -0.39 is 6.51 Å². The van der Waals surface area contributed by atoms with Gasteiger partial charge in [-0.25, -0.2) is 0 Å². The molecule has 0 N–H and O–H groups in total. The van der Waals surface area contributed by atoms with Crippen LogP contribution in [0.15, 0.2) is 0 Å². The van der Waals surface area contributed by atoms with E-state index in [9.17, 15) is 0 Å². The maximum absolute atomic E-state index is 2.93. The standard InChI is InChI=1S/C15H27NP.C5H5.Fe/c1-12(2)17(13(3)4)15(11-16(5)6)14-9-7-8-10-14;1-2-4-5-3-1;/h7-10,12-13,15H,11H2,1-6H3;1-5H;. The van der Waals surface area contributed by atoms with E-state index in [1.165, 1.54) is 55.6 Å². The number of hydrogen-bond acceptors (Lipinski definition) is 1. The Bertz CT molecular complexity index is 1000. The molecule has 10 rings (SSSR count). The molecule has 0 radical (unpaired) electrons. The number of fused-ring (bicyclic) bond motifs is 10. The van der Waals surface area contributed by atoms with Gasteiger partial charge in [-0.1, -0.05) is 0 Å². The van der Waals surface area contributed by atoms with E-state index in [0.717, 1.165) is 15.6 Å². The fourth-order valence-electron chi connectivity index (χ4n) is 19.4. The Kier molecular flexibility index (Phi) is 0.615. The fourth-order valence-corrected chi connectivity index (χ4v) is 101. The van der Waals surface area contributed by atoms with Gasteiger partial charge in [0.05, 0.1) is 0 Å². The van der Waals surface area contributed by atoms with Crippen molar-refractivity contribution in [1.29, 1.82) is 0 Å². The van der Waals surface area contributed by atoms with Gasteiger partial charge in [0.25, 0.3) is 0 Å². The topological polar surface area (TPSA) is 3.24 Å². The molecule has 10 aliphatic heterocycles. The van der Waals surface area contributed by atoms with Crippen molar-refractivity contribution in [3.8, 4) is 0 Å². The molecular weight excluding hydrogens is 341 g/mol. The van der Waals surface area contributed by atoms with E-state index >= 15 is 0 Å². The molecule has 0 aliphatic carbocycles. The average molecular weight is 373 g/mol. The molecule has 23 heavy (non-hydrogen) atoms. The van der Waals surface area contributed by atoms with E-state index in [1.807, 2.05) is 0 Å². The predicted molar refractivity (Wildman–Crippen MR) is 96.0 cm³/mol. The molecule has 0 saturated carbocycles. The summed E-state index contributed by atoms with van der Waals surface area (Å²) in [7, 11) is 4.97. The monoisotopic (exact) mass is 373 g/mol. The molecule has 0 aromatic rings. The summed E-state index contributed by atoms with van der Waals surface area (Å²) in [5.74, 6) is 0. The third-order valence-electron chi connectivity index (χ3n) is 17.4. The molecule has 0 bridgehead atoms. The molecule has 10 aliphatic rings. The van der Waals surface area contributed by atoms with Crippen LogP contribution in [-0.4, -0.2) is 42.5 Å². The van der Waals surface area contributed by atoms with Gasteiger partial charge in [-0.15, -0.1) is 0 Å². The summed E-state index contributed by atoms with van der Waals surface area (Å²) in [5.41, 5.74) is 3.08. The molecule has 1 spiro atoms. The third-order valence-corrected chi connectivity index (χ3v) is 64.0. The molecule has 10 fully saturated rings. The fraction of sp³-hybridized carbons (Fsp3) is 1.00. The molecule has 0 aromatic heterocycles. The second kappa shape index (κ2) is 1.22. The molecule has 10 heterocycles. The van der Waals surface area contributed by atoms with E-state index in [2.05, 4.69) is 46.7 Å². The summed E-state index contributed by atoms with van der Waals surface area (Å²) < 4.78 is 1.11. The summed E-state index contributed by atoms with van der Waals surface area (Å²) in [6, 6.07) is 0. The number of rotatable bonds is 6. The van der Waals surface area contributed by atoms with Crippen LogP contribution in [0.4, 0.5) is 0 Å². The first kappa shape index (κ1) is 11.6. The van der Waals surface area contributed by atoms with Gasteiger partial charge in [-0.05, 0) is 0 Å². The van der Waals surface area contributed by atoms with Crippen LogP contribution in [0.25, 0.3) is 0 Å². The second-order valence-electron chi connectivity index (χ2n) is 14.2. The normalized spacial score (nSPS) is 93.7. The van der Waals surface area contributed by atoms with Gasteiger partial charge >= 0.3 is 132 Å². The van der Waals surface area contributed by atoms with Crippen molar-refractivity contribution in [3.63, 3.8) is 0 Å². The Balaban J connectivity index is 1.30. The quantitative estimate of drug-likeness (QED) is 0.409. The Morgan fingerprint density at radius 3 is 1.48 bits per heavy atom. The molecule has 10 saturated heterocycles. The van der Waals surface area contributed by atoms with Crippen molar-refractivity contribution in [2.24, 2.45) is 0 Å². The van der Waals surface area contributed by atoms with Gasteiger partial charge in [0.15, 0.2) is 0 Å². The zero-order chi connectivity index (χ0) is 15.6. The maximum atomic E-state index is 2.61. The Hall–Kier alpha value is 0.909. The Morgan fingerprint density at radius 2 is 1.26 bits per heavy atom. The van der Waals surface area contributed by atoms with Crippen LogP contribution in [0.3, 0.4) is 0 Å². The number of hydrogen-bond donors (Lipinski definition) is 0. The molecule has 5 atom stereocenters. The minimum absolute atomic E-state index is 0.213. The molecule has 3 heteroatoms. The van der Waals surface area contributed by atoms with Gasteiger partial charge in [-0.2, -0.15) is 0 Å². The summed E-state index contributed by atoms with van der Waals surface area (Å²) in [6.07, 6.45) is 0. The van der Waals surface area contributed by atoms with Gasteiger partial charge in [0.2, 0.25) is 0 Å². The first-order valence-corrected chi connectivity index (χ1v) is 18.1. The molecule has 0 amide bonds. The zero-order valence-electron chi connectivity index (χ0n) is 15.4. The summed E-state index contributed by atoms with van der Waals surface area (Å²) in [6.45, 7) is 8.86. The zero-order valence-corrected chi connectivity index (χ0v) is 17.4. The molecular formula is C20H32FeNP. The first-order chi connectivity index (χ1) is 10.6. The van der Waals surface area contributed by atoms with Crippen molar-refractivity contribution in [2.45, 2.75) is 92.3 Å². The van der Waals surface area contributed by atoms with Gasteiger partial charge in [0.1, 0.15) is 0 Å². The SMILES string of the molecule is CC(C)P(C(C)C)C(CN(C)C)[C]12[CH]3[CH]4[CH]5[CH]1[Fe]45321678[CH]2[CH]1[CH]6[CH]7[CH]28. The van der Waals surface area contributed by atoms with E-state index in [0.29, 0.717) is 0 Å². The van der Waals surface area contributed by atoms with Gasteiger partial charge < -0.3 is 0 Å². The second-order valence-corrected chi connectivity index (χ2v) is 41.3. The van der Waals surface area contributed by atoms with Gasteiger partial charge in [0, 0.05) is 0 Å². The summed E-state index contributed by atoms with van der Waals surface area (Å²) >= 11 is 0. The van der Waals surface area contributed by atoms with Crippen LogP contribution < -0.4 is 0 Å². The molecule has 1 nitrogen and oxygen atoms in total. The van der Waals surface area contributed by atoms with Crippen molar-refractivity contribution in [3.05, 3.63) is 0 Å². The summed E-state index contributed by atoms with van der Waals surface area (Å²) in [4.78, 5) is 16.1. The predicted octanol–water partition coefficient (Wildman–Crippen LogP) is 5.97. The van der Waals surface area contributed by atoms with Crippen molar-refractivity contribution >= 4 is 7.92 Å². The van der Waals surface area contributed by atoms with Crippen LogP contribution in [0.5, 0.6) is 0 Å². The van der Waals surface area contributed by atoms with Crippen LogP contribution in [-0.2, 0) is 6.51 Å². The van der Waals surface area contributed by atoms with E-state index in [4.69, 9.17) is 0 Å². The van der Waals surface area contributed by atoms with Crippen LogP contribution in [0, 0.1) is 0 Å². The number of nitrogens with zero attached hydrogens (tertiary/aromatic N) is 1. The van der Waals surface area contributed by atoms with Crippen molar-refractivity contribution in [1.82, 2.24) is 4.90 Å². The van der Waals surface area contributed by atoms with Crippen molar-refractivity contribution < 1.29 is 6.51 Å². The average Bonchev–Trinajstić information content (AvgIpc) is 3.38. The summed E-state index contributed by atoms with van der Waals surface area (Å²) in [5, 5.41) is 0. The van der Waals surface area contributed by atoms with Gasteiger partial charge in [-0.3, -0.25) is 0 Å². The van der Waals surface area contributed by atoms with E-state index in [1.54, 1.807) is 0 Å². The minimum atomic E-state index is -2.93. The van der Waals surface area contributed by atoms with Crippen LogP contribution in [0.1, 0.15) is 27.7 Å². The Labute approximate surface area is 132 Å². The Morgan fingerprint density at radius 1 is 0.826 bits per heavy atom.